The monoisotopic (exact) mass is 377 g/mol. The summed E-state index contributed by atoms with van der Waals surface area (Å²) in [6.45, 7) is 0. The molecule has 0 unspecified atom stereocenters. The molecule has 0 radical (unpaired) electrons. The van der Waals surface area contributed by atoms with Crippen molar-refractivity contribution in [1.29, 1.82) is 0 Å². The topological polar surface area (TPSA) is 72.9 Å². The van der Waals surface area contributed by atoms with Crippen molar-refractivity contribution < 1.29 is 23.9 Å². The van der Waals surface area contributed by atoms with Crippen LogP contribution in [0.5, 0.6) is 11.5 Å². The first kappa shape index (κ1) is 18.0. The van der Waals surface area contributed by atoms with E-state index in [1.165, 1.54) is 12.0 Å². The maximum absolute atomic E-state index is 12.7. The molecule has 0 saturated carbocycles. The molecule has 4 rings (SSSR count). The van der Waals surface area contributed by atoms with Crippen molar-refractivity contribution >= 4 is 23.5 Å². The van der Waals surface area contributed by atoms with Gasteiger partial charge in [-0.15, -0.1) is 0 Å². The number of rotatable bonds is 4. The van der Waals surface area contributed by atoms with Crippen LogP contribution in [0.1, 0.15) is 23.2 Å². The van der Waals surface area contributed by atoms with E-state index < -0.39 is 5.97 Å². The summed E-state index contributed by atoms with van der Waals surface area (Å²) in [5.41, 5.74) is 0.760. The quantitative estimate of drug-likeness (QED) is 0.354. The zero-order valence-electron chi connectivity index (χ0n) is 15.3. The Balaban J connectivity index is 1.56. The van der Waals surface area contributed by atoms with Crippen LogP contribution < -0.4 is 14.4 Å². The second kappa shape index (κ2) is 7.31. The molecule has 1 saturated heterocycles. The number of carbonyl (C=O) groups is 3. The van der Waals surface area contributed by atoms with Gasteiger partial charge in [-0.2, -0.15) is 0 Å². The summed E-state index contributed by atoms with van der Waals surface area (Å²) in [6, 6.07) is 13.1. The van der Waals surface area contributed by atoms with Gasteiger partial charge in [-0.25, -0.2) is 9.69 Å². The molecule has 2 aliphatic rings. The number of ether oxygens (including phenoxy) is 2. The van der Waals surface area contributed by atoms with Crippen LogP contribution in [0.4, 0.5) is 5.69 Å². The zero-order chi connectivity index (χ0) is 19.7. The first-order valence-electron chi connectivity index (χ1n) is 9.07. The van der Waals surface area contributed by atoms with E-state index >= 15 is 0 Å². The van der Waals surface area contributed by atoms with E-state index in [4.69, 9.17) is 9.47 Å². The Bertz CT molecular complexity index is 954. The molecule has 0 aromatic heterocycles. The van der Waals surface area contributed by atoms with Crippen LogP contribution in [0.3, 0.4) is 0 Å². The van der Waals surface area contributed by atoms with Gasteiger partial charge < -0.3 is 9.47 Å². The first-order valence-corrected chi connectivity index (χ1v) is 9.07. The third kappa shape index (κ3) is 3.17. The van der Waals surface area contributed by atoms with Crippen LogP contribution >= 0.6 is 0 Å². The minimum Gasteiger partial charge on any atom is -0.497 e. The number of esters is 1. The Morgan fingerprint density at radius 2 is 1.57 bits per heavy atom. The summed E-state index contributed by atoms with van der Waals surface area (Å²) < 4.78 is 10.6. The summed E-state index contributed by atoms with van der Waals surface area (Å²) in [7, 11) is 1.52. The maximum atomic E-state index is 12.7. The molecule has 142 valence electrons. The number of methoxy groups -OCH3 is 1. The molecule has 2 amide bonds. The second-order valence-electron chi connectivity index (χ2n) is 6.79. The fourth-order valence-electron chi connectivity index (χ4n) is 3.66. The molecule has 1 fully saturated rings. The summed E-state index contributed by atoms with van der Waals surface area (Å²) >= 11 is 0. The van der Waals surface area contributed by atoms with E-state index in [2.05, 4.69) is 0 Å². The Labute approximate surface area is 162 Å². The standard InChI is InChI=1S/C22H19NO5/c1-27-16-8-4-6-14(12-16)22(26)28-17-9-5-7-15(13-17)23-20(24)18-10-2-3-11-19(18)21(23)25/h2-9,12-13,18-19H,10-11H2,1H3/t18-,19-/m0/s1. The molecule has 2 aromatic carbocycles. The molecule has 0 spiro atoms. The molecule has 0 N–H and O–H groups in total. The molecule has 2 aromatic rings. The van der Waals surface area contributed by atoms with Crippen molar-refractivity contribution in [3.63, 3.8) is 0 Å². The van der Waals surface area contributed by atoms with Crippen molar-refractivity contribution in [3.8, 4) is 11.5 Å². The van der Waals surface area contributed by atoms with E-state index in [0.717, 1.165) is 0 Å². The lowest BCUT2D eigenvalue weighted by Gasteiger charge is -2.15. The van der Waals surface area contributed by atoms with E-state index in [0.29, 0.717) is 29.8 Å². The Morgan fingerprint density at radius 3 is 2.25 bits per heavy atom. The second-order valence-corrected chi connectivity index (χ2v) is 6.79. The lowest BCUT2D eigenvalue weighted by molar-refractivity contribution is -0.122. The molecule has 6 nitrogen and oxygen atoms in total. The van der Waals surface area contributed by atoms with Crippen LogP contribution in [0.15, 0.2) is 60.7 Å². The van der Waals surface area contributed by atoms with Gasteiger partial charge in [-0.05, 0) is 43.2 Å². The highest BCUT2D eigenvalue weighted by Crippen LogP contribution is 2.38. The van der Waals surface area contributed by atoms with Crippen molar-refractivity contribution in [2.45, 2.75) is 12.8 Å². The van der Waals surface area contributed by atoms with Gasteiger partial charge in [0, 0.05) is 6.07 Å². The van der Waals surface area contributed by atoms with Crippen LogP contribution in [-0.4, -0.2) is 24.9 Å². The molecule has 28 heavy (non-hydrogen) atoms. The third-order valence-corrected chi connectivity index (χ3v) is 5.10. The molecule has 6 heteroatoms. The summed E-state index contributed by atoms with van der Waals surface area (Å²) in [6.07, 6.45) is 5.05. The van der Waals surface area contributed by atoms with E-state index in [9.17, 15) is 14.4 Å². The van der Waals surface area contributed by atoms with E-state index in [-0.39, 0.29) is 29.4 Å². The van der Waals surface area contributed by atoms with Gasteiger partial charge in [0.25, 0.3) is 0 Å². The molecular weight excluding hydrogens is 358 g/mol. The number of carbonyl (C=O) groups excluding carboxylic acids is 3. The highest BCUT2D eigenvalue weighted by Gasteiger charge is 2.47. The van der Waals surface area contributed by atoms with Crippen molar-refractivity contribution in [1.82, 2.24) is 0 Å². The fourth-order valence-corrected chi connectivity index (χ4v) is 3.66. The maximum Gasteiger partial charge on any atom is 0.343 e. The van der Waals surface area contributed by atoms with Crippen LogP contribution in [0.25, 0.3) is 0 Å². The number of fused-ring (bicyclic) bond motifs is 1. The van der Waals surface area contributed by atoms with Gasteiger partial charge >= 0.3 is 5.97 Å². The van der Waals surface area contributed by atoms with E-state index in [1.807, 2.05) is 12.2 Å². The van der Waals surface area contributed by atoms with Gasteiger partial charge in [0.2, 0.25) is 11.8 Å². The van der Waals surface area contributed by atoms with Gasteiger partial charge in [0.05, 0.1) is 30.2 Å². The first-order chi connectivity index (χ1) is 13.6. The number of hydrogen-bond donors (Lipinski definition) is 0. The molecule has 1 aliphatic carbocycles. The number of anilines is 1. The van der Waals surface area contributed by atoms with Crippen LogP contribution in [0, 0.1) is 11.8 Å². The summed E-state index contributed by atoms with van der Waals surface area (Å²) in [5, 5.41) is 0. The van der Waals surface area contributed by atoms with Crippen molar-refractivity contribution in [3.05, 3.63) is 66.2 Å². The van der Waals surface area contributed by atoms with E-state index in [1.54, 1.807) is 48.5 Å². The number of benzene rings is 2. The average Bonchev–Trinajstić information content (AvgIpc) is 2.99. The Morgan fingerprint density at radius 1 is 0.929 bits per heavy atom. The number of hydrogen-bond acceptors (Lipinski definition) is 5. The molecule has 1 heterocycles. The minimum absolute atomic E-state index is 0.198. The molecule has 0 bridgehead atoms. The van der Waals surface area contributed by atoms with Crippen molar-refractivity contribution in [2.75, 3.05) is 12.0 Å². The highest BCUT2D eigenvalue weighted by atomic mass is 16.5. The highest BCUT2D eigenvalue weighted by molar-refractivity contribution is 6.22. The number of imide groups is 1. The predicted molar refractivity (Wildman–Crippen MR) is 102 cm³/mol. The number of amides is 2. The Kier molecular flexibility index (Phi) is 4.69. The lowest BCUT2D eigenvalue weighted by atomic mass is 9.85. The number of nitrogens with zero attached hydrogens (tertiary/aromatic N) is 1. The normalized spacial score (nSPS) is 20.8. The molecule has 2 atom stereocenters. The largest absolute Gasteiger partial charge is 0.497 e. The van der Waals surface area contributed by atoms with Gasteiger partial charge in [-0.3, -0.25) is 9.59 Å². The van der Waals surface area contributed by atoms with Crippen molar-refractivity contribution in [2.24, 2.45) is 11.8 Å². The third-order valence-electron chi connectivity index (χ3n) is 5.10. The predicted octanol–water partition coefficient (Wildman–Crippen LogP) is 3.37. The SMILES string of the molecule is COc1cccc(C(=O)Oc2cccc(N3C(=O)[C@H]4CC=CC[C@@H]4C3=O)c2)c1. The van der Waals surface area contributed by atoms with Crippen LogP contribution in [-0.2, 0) is 9.59 Å². The summed E-state index contributed by atoms with van der Waals surface area (Å²) in [4.78, 5) is 39.1. The Hall–Kier alpha value is -3.41. The lowest BCUT2D eigenvalue weighted by Crippen LogP contribution is -2.30. The van der Waals surface area contributed by atoms with Gasteiger partial charge in [0.15, 0.2) is 0 Å². The molecular formula is C22H19NO5. The van der Waals surface area contributed by atoms with Gasteiger partial charge in [-0.1, -0.05) is 24.3 Å². The fraction of sp³-hybridized carbons (Fsp3) is 0.227. The molecule has 1 aliphatic heterocycles. The average molecular weight is 377 g/mol. The number of allylic oxidation sites excluding steroid dienone is 2. The minimum atomic E-state index is -0.548. The smallest absolute Gasteiger partial charge is 0.343 e. The zero-order valence-corrected chi connectivity index (χ0v) is 15.3. The van der Waals surface area contributed by atoms with Crippen LogP contribution in [0.2, 0.25) is 0 Å². The summed E-state index contributed by atoms with van der Waals surface area (Å²) in [5.74, 6) is -0.744. The van der Waals surface area contributed by atoms with Gasteiger partial charge in [0.1, 0.15) is 11.5 Å².